The van der Waals surface area contributed by atoms with Gasteiger partial charge in [0.1, 0.15) is 0 Å². The van der Waals surface area contributed by atoms with Gasteiger partial charge in [-0.2, -0.15) is 0 Å². The molecule has 3 aliphatic heterocycles. The molecule has 0 aliphatic carbocycles. The summed E-state index contributed by atoms with van der Waals surface area (Å²) in [7, 11) is 3.98. The van der Waals surface area contributed by atoms with Crippen LogP contribution in [0.5, 0.6) is 0 Å². The van der Waals surface area contributed by atoms with Crippen molar-refractivity contribution in [3.63, 3.8) is 0 Å². The van der Waals surface area contributed by atoms with Crippen molar-refractivity contribution in [2.24, 2.45) is 0 Å². The third-order valence-electron chi connectivity index (χ3n) is 7.22. The largest absolute Gasteiger partial charge is 0.379 e. The summed E-state index contributed by atoms with van der Waals surface area (Å²) in [5.74, 6) is 1.52. The number of carbonyl (C=O) groups is 3. The van der Waals surface area contributed by atoms with Crippen LogP contribution < -0.4 is 21.3 Å². The predicted octanol–water partition coefficient (Wildman–Crippen LogP) is 3.84. The molecule has 3 fully saturated rings. The van der Waals surface area contributed by atoms with Gasteiger partial charge in [-0.1, -0.05) is 34.4 Å². The van der Waals surface area contributed by atoms with E-state index in [0.29, 0.717) is 70.8 Å². The van der Waals surface area contributed by atoms with Crippen molar-refractivity contribution in [3.8, 4) is 0 Å². The van der Waals surface area contributed by atoms with Crippen molar-refractivity contribution in [2.45, 2.75) is 99.0 Å². The lowest BCUT2D eigenvalue weighted by Crippen LogP contribution is -2.27. The van der Waals surface area contributed by atoms with Crippen molar-refractivity contribution in [3.05, 3.63) is 0 Å². The average molecular weight is 635 g/mol. The summed E-state index contributed by atoms with van der Waals surface area (Å²) in [5, 5.41) is 13.4. The van der Waals surface area contributed by atoms with E-state index in [0.717, 1.165) is 56.6 Å². The Kier molecular flexibility index (Phi) is 18.4. The fourth-order valence-corrected chi connectivity index (χ4v) is 9.57. The minimum atomic E-state index is -0.0536. The van der Waals surface area contributed by atoms with Crippen molar-refractivity contribution in [2.75, 3.05) is 58.5 Å². The lowest BCUT2D eigenvalue weighted by molar-refractivity contribution is -0.122. The molecule has 0 aromatic carbocycles. The summed E-state index contributed by atoms with van der Waals surface area (Å²) >= 11 is 1.84. The highest BCUT2D eigenvalue weighted by atomic mass is 33.1. The molecule has 41 heavy (non-hydrogen) atoms. The quantitative estimate of drug-likeness (QED) is 0.0926. The summed E-state index contributed by atoms with van der Waals surface area (Å²) in [5.41, 5.74) is 0. The number of ether oxygens (including phenoxy) is 3. The number of rotatable bonds is 24. The van der Waals surface area contributed by atoms with E-state index >= 15 is 0 Å². The fourth-order valence-electron chi connectivity index (χ4n) is 4.96. The van der Waals surface area contributed by atoms with E-state index in [1.165, 1.54) is 18.6 Å². The van der Waals surface area contributed by atoms with Crippen LogP contribution in [-0.2, 0) is 23.8 Å². The number of thioether (sulfide) groups is 1. The van der Waals surface area contributed by atoms with Gasteiger partial charge < -0.3 is 35.5 Å². The van der Waals surface area contributed by atoms with E-state index in [9.17, 15) is 14.4 Å². The predicted molar refractivity (Wildman–Crippen MR) is 168 cm³/mol. The number of fused-ring (bicyclic) bond motifs is 1. The second-order valence-electron chi connectivity index (χ2n) is 10.7. The zero-order valence-electron chi connectivity index (χ0n) is 24.3. The Morgan fingerprint density at radius 3 is 1.90 bits per heavy atom. The molecule has 0 radical (unpaired) electrons. The normalized spacial score (nSPS) is 23.3. The smallest absolute Gasteiger partial charge is 0.316 e. The molecular formula is C28H50N4O6S3. The van der Waals surface area contributed by atoms with Crippen LogP contribution in [0.4, 0.5) is 4.79 Å². The monoisotopic (exact) mass is 634 g/mol. The molecule has 3 rings (SSSR count). The summed E-state index contributed by atoms with van der Waals surface area (Å²) < 4.78 is 16.6. The lowest BCUT2D eigenvalue weighted by Gasteiger charge is -2.10. The topological polar surface area (TPSA) is 127 Å². The van der Waals surface area contributed by atoms with E-state index in [-0.39, 0.29) is 29.3 Å². The van der Waals surface area contributed by atoms with Gasteiger partial charge in [-0.15, -0.1) is 11.8 Å². The van der Waals surface area contributed by atoms with Gasteiger partial charge in [-0.05, 0) is 51.4 Å². The highest BCUT2D eigenvalue weighted by Gasteiger charge is 2.40. The van der Waals surface area contributed by atoms with Gasteiger partial charge in [0.15, 0.2) is 0 Å². The molecule has 3 heterocycles. The molecule has 4 N–H and O–H groups in total. The second-order valence-corrected chi connectivity index (χ2v) is 14.9. The van der Waals surface area contributed by atoms with Gasteiger partial charge >= 0.3 is 6.03 Å². The molecule has 3 aliphatic rings. The maximum absolute atomic E-state index is 12.0. The minimum Gasteiger partial charge on any atom is -0.379 e. The van der Waals surface area contributed by atoms with Gasteiger partial charge in [0.2, 0.25) is 11.8 Å². The third kappa shape index (κ3) is 16.0. The van der Waals surface area contributed by atoms with Gasteiger partial charge in [-0.3, -0.25) is 9.59 Å². The maximum Gasteiger partial charge on any atom is 0.316 e. The maximum atomic E-state index is 12.0. The number of nitrogens with one attached hydrogen (secondary N) is 4. The first-order valence-corrected chi connectivity index (χ1v) is 18.7. The molecule has 0 bridgehead atoms. The number of unbranched alkanes of at least 4 members (excludes halogenated alkanes) is 2. The Hall–Kier alpha value is -0.860. The molecule has 236 valence electrons. The standard InChI is InChI=1S/C28H50N4O6S3/c33-25(9-3-1-7-22-11-20-39-41-22)29-12-5-14-36-16-18-38-19-17-37-15-6-13-30-26(34)10-4-2-8-23-21-24-27(40-23)32-28(35)31-24/h22-24,27H,1-21H2,(H,29,33)(H,30,34)(H2,31,32,35)/t22-,23+,24+,27+/m0/s1. The first-order valence-electron chi connectivity index (χ1n) is 15.4. The van der Waals surface area contributed by atoms with E-state index < -0.39 is 0 Å². The number of carbonyl (C=O) groups excluding carboxylic acids is 3. The Balaban J connectivity index is 0.964. The van der Waals surface area contributed by atoms with Crippen molar-refractivity contribution < 1.29 is 28.6 Å². The van der Waals surface area contributed by atoms with Crippen LogP contribution in [0.1, 0.15) is 77.0 Å². The average Bonchev–Trinajstić information content (AvgIpc) is 3.68. The van der Waals surface area contributed by atoms with E-state index in [1.54, 1.807) is 0 Å². The van der Waals surface area contributed by atoms with E-state index in [4.69, 9.17) is 14.2 Å². The minimum absolute atomic E-state index is 0.0536. The van der Waals surface area contributed by atoms with Gasteiger partial charge in [0.25, 0.3) is 0 Å². The van der Waals surface area contributed by atoms with Crippen molar-refractivity contribution in [1.82, 2.24) is 21.3 Å². The number of urea groups is 1. The zero-order chi connectivity index (χ0) is 29.0. The number of hydrogen-bond donors (Lipinski definition) is 4. The summed E-state index contributed by atoms with van der Waals surface area (Å²) in [6.45, 7) is 4.60. The zero-order valence-corrected chi connectivity index (χ0v) is 26.8. The molecule has 0 unspecified atom stereocenters. The van der Waals surface area contributed by atoms with Crippen molar-refractivity contribution >= 4 is 51.2 Å². The molecule has 0 spiro atoms. The molecule has 4 atom stereocenters. The molecule has 4 amide bonds. The molecule has 10 nitrogen and oxygen atoms in total. The molecule has 0 aromatic rings. The van der Waals surface area contributed by atoms with Gasteiger partial charge in [0, 0.05) is 55.4 Å². The molecule has 3 saturated heterocycles. The highest BCUT2D eigenvalue weighted by Crippen LogP contribution is 2.40. The van der Waals surface area contributed by atoms with Crippen LogP contribution in [0, 0.1) is 0 Å². The summed E-state index contributed by atoms with van der Waals surface area (Å²) in [6, 6.07) is 0.206. The Bertz CT molecular complexity index is 746. The summed E-state index contributed by atoms with van der Waals surface area (Å²) in [4.78, 5) is 35.2. The molecule has 0 saturated carbocycles. The van der Waals surface area contributed by atoms with Crippen molar-refractivity contribution in [1.29, 1.82) is 0 Å². The van der Waals surface area contributed by atoms with Crippen LogP contribution in [0.25, 0.3) is 0 Å². The number of hydrogen-bond acceptors (Lipinski definition) is 9. The van der Waals surface area contributed by atoms with Crippen LogP contribution in [0.15, 0.2) is 0 Å². The first-order chi connectivity index (χ1) is 20.1. The summed E-state index contributed by atoms with van der Waals surface area (Å²) in [6.07, 6.45) is 11.5. The lowest BCUT2D eigenvalue weighted by atomic mass is 10.1. The third-order valence-corrected chi connectivity index (χ3v) is 11.8. The van der Waals surface area contributed by atoms with Gasteiger partial charge in [-0.25, -0.2) is 4.79 Å². The highest BCUT2D eigenvalue weighted by molar-refractivity contribution is 8.77. The second kappa shape index (κ2) is 21.8. The fraction of sp³-hybridized carbons (Fsp3) is 0.893. The Morgan fingerprint density at radius 1 is 0.756 bits per heavy atom. The van der Waals surface area contributed by atoms with Gasteiger partial charge in [0.05, 0.1) is 37.8 Å². The van der Waals surface area contributed by atoms with Crippen LogP contribution in [-0.4, -0.2) is 98.2 Å². The van der Waals surface area contributed by atoms with E-state index in [1.807, 2.05) is 33.3 Å². The number of amides is 4. The Labute approximate surface area is 257 Å². The van der Waals surface area contributed by atoms with Crippen LogP contribution in [0.3, 0.4) is 0 Å². The molecule has 13 heteroatoms. The van der Waals surface area contributed by atoms with Crippen LogP contribution in [0.2, 0.25) is 0 Å². The molecular weight excluding hydrogens is 585 g/mol. The molecule has 0 aromatic heterocycles. The van der Waals surface area contributed by atoms with Crippen LogP contribution >= 0.6 is 33.3 Å². The van der Waals surface area contributed by atoms with E-state index in [2.05, 4.69) is 21.3 Å². The Morgan fingerprint density at radius 2 is 1.34 bits per heavy atom. The SMILES string of the molecule is O=C(CCCC[C@H]1CCSS1)NCCCOCCOCCOCCCNC(=O)CCCC[C@@H]1C[C@H]2NC(=O)N[C@@H]2S1. The first kappa shape index (κ1) is 34.6.